The van der Waals surface area contributed by atoms with E-state index in [9.17, 15) is 9.59 Å². The molecule has 2 amide bonds. The van der Waals surface area contributed by atoms with E-state index in [1.807, 2.05) is 6.92 Å². The van der Waals surface area contributed by atoms with Crippen LogP contribution in [0, 0.1) is 5.92 Å². The predicted octanol–water partition coefficient (Wildman–Crippen LogP) is -0.763. The van der Waals surface area contributed by atoms with Crippen molar-refractivity contribution in [3.05, 3.63) is 0 Å². The van der Waals surface area contributed by atoms with Gasteiger partial charge in [0, 0.05) is 13.1 Å². The van der Waals surface area contributed by atoms with E-state index >= 15 is 0 Å². The van der Waals surface area contributed by atoms with Crippen LogP contribution in [-0.4, -0.2) is 38.0 Å². The Morgan fingerprint density at radius 2 is 2.20 bits per heavy atom. The topological polar surface area (TPSA) is 70.2 Å². The molecule has 1 fully saturated rings. The maximum absolute atomic E-state index is 11.7. The normalized spacial score (nSPS) is 25.7. The average Bonchev–Trinajstić information content (AvgIpc) is 2.26. The van der Waals surface area contributed by atoms with E-state index in [-0.39, 0.29) is 30.3 Å². The molecule has 1 heterocycles. The van der Waals surface area contributed by atoms with Crippen molar-refractivity contribution in [2.45, 2.75) is 25.8 Å². The van der Waals surface area contributed by atoms with Gasteiger partial charge >= 0.3 is 0 Å². The van der Waals surface area contributed by atoms with Crippen LogP contribution in [0.1, 0.15) is 19.8 Å². The molecule has 3 N–H and O–H groups in total. The molecule has 15 heavy (non-hydrogen) atoms. The minimum atomic E-state index is -0.167. The Labute approximate surface area is 90.0 Å². The van der Waals surface area contributed by atoms with Crippen LogP contribution in [-0.2, 0) is 9.59 Å². The lowest BCUT2D eigenvalue weighted by molar-refractivity contribution is -0.129. The first-order chi connectivity index (χ1) is 7.15. The summed E-state index contributed by atoms with van der Waals surface area (Å²) in [6.45, 7) is 3.04. The van der Waals surface area contributed by atoms with Gasteiger partial charge in [-0.15, -0.1) is 0 Å². The summed E-state index contributed by atoms with van der Waals surface area (Å²) in [6, 6.07) is 0.198. The number of hydrogen-bond acceptors (Lipinski definition) is 3. The second-order valence-corrected chi connectivity index (χ2v) is 3.88. The first kappa shape index (κ1) is 12.0. The number of piperidine rings is 1. The number of carbonyl (C=O) groups excluding carboxylic acids is 2. The summed E-state index contributed by atoms with van der Waals surface area (Å²) < 4.78 is 0. The van der Waals surface area contributed by atoms with Crippen molar-refractivity contribution in [1.29, 1.82) is 0 Å². The molecule has 1 aliphatic rings. The van der Waals surface area contributed by atoms with Gasteiger partial charge in [0.2, 0.25) is 11.8 Å². The first-order valence-corrected chi connectivity index (χ1v) is 5.37. The van der Waals surface area contributed by atoms with Crippen molar-refractivity contribution in [3.8, 4) is 0 Å². The summed E-state index contributed by atoms with van der Waals surface area (Å²) >= 11 is 0. The van der Waals surface area contributed by atoms with Gasteiger partial charge < -0.3 is 16.0 Å². The van der Waals surface area contributed by atoms with E-state index < -0.39 is 0 Å². The zero-order chi connectivity index (χ0) is 11.3. The third-order valence-electron chi connectivity index (χ3n) is 2.80. The monoisotopic (exact) mass is 213 g/mol. The highest BCUT2D eigenvalue weighted by molar-refractivity contribution is 5.86. The third kappa shape index (κ3) is 3.51. The number of hydrogen-bond donors (Lipinski definition) is 3. The van der Waals surface area contributed by atoms with Gasteiger partial charge in [-0.2, -0.15) is 0 Å². The van der Waals surface area contributed by atoms with Crippen LogP contribution in [0.5, 0.6) is 0 Å². The Bertz CT molecular complexity index is 243. The van der Waals surface area contributed by atoms with Crippen LogP contribution in [0.2, 0.25) is 0 Å². The zero-order valence-corrected chi connectivity index (χ0v) is 9.30. The highest BCUT2D eigenvalue weighted by atomic mass is 16.2. The smallest absolute Gasteiger partial charge is 0.239 e. The average molecular weight is 213 g/mol. The van der Waals surface area contributed by atoms with Crippen LogP contribution in [0.3, 0.4) is 0 Å². The van der Waals surface area contributed by atoms with Gasteiger partial charge in [-0.05, 0) is 26.3 Å². The lowest BCUT2D eigenvalue weighted by Gasteiger charge is -2.28. The largest absolute Gasteiger partial charge is 0.358 e. The molecular weight excluding hydrogens is 194 g/mol. The lowest BCUT2D eigenvalue weighted by Crippen LogP contribution is -2.48. The Morgan fingerprint density at radius 3 is 2.80 bits per heavy atom. The highest BCUT2D eigenvalue weighted by Gasteiger charge is 2.27. The molecule has 0 spiro atoms. The van der Waals surface area contributed by atoms with Crippen LogP contribution >= 0.6 is 0 Å². The van der Waals surface area contributed by atoms with Gasteiger partial charge in [0.15, 0.2) is 0 Å². The quantitative estimate of drug-likeness (QED) is 0.577. The molecule has 0 aromatic carbocycles. The van der Waals surface area contributed by atoms with Crippen molar-refractivity contribution >= 4 is 11.8 Å². The first-order valence-electron chi connectivity index (χ1n) is 5.37. The molecule has 5 heteroatoms. The van der Waals surface area contributed by atoms with Crippen molar-refractivity contribution < 1.29 is 9.59 Å². The molecule has 5 nitrogen and oxygen atoms in total. The van der Waals surface area contributed by atoms with Crippen LogP contribution < -0.4 is 16.0 Å². The summed E-state index contributed by atoms with van der Waals surface area (Å²) in [4.78, 5) is 22.6. The molecule has 1 saturated heterocycles. The predicted molar refractivity (Wildman–Crippen MR) is 57.3 cm³/mol. The number of likely N-dealkylation sites (N-methyl/N-ethyl adjacent to an activating group) is 1. The van der Waals surface area contributed by atoms with E-state index in [0.29, 0.717) is 0 Å². The molecular formula is C10H19N3O2. The third-order valence-corrected chi connectivity index (χ3v) is 2.80. The molecule has 1 aliphatic heterocycles. The highest BCUT2D eigenvalue weighted by Crippen LogP contribution is 2.15. The van der Waals surface area contributed by atoms with E-state index in [1.54, 1.807) is 7.05 Å². The van der Waals surface area contributed by atoms with E-state index in [1.165, 1.54) is 0 Å². The lowest BCUT2D eigenvalue weighted by atomic mass is 9.91. The Kier molecular flexibility index (Phi) is 4.55. The number of nitrogens with one attached hydrogen (secondary N) is 3. The van der Waals surface area contributed by atoms with Crippen molar-refractivity contribution in [1.82, 2.24) is 16.0 Å². The number of amides is 2. The standard InChI is InChI=1S/C10H19N3O2/c1-7-8(4-3-5-12-7)10(15)13-6-9(14)11-2/h7-8,12H,3-6H2,1-2H3,(H,11,14)(H,13,15)/t7-,8-/m1/s1. The van der Waals surface area contributed by atoms with Gasteiger partial charge in [0.1, 0.15) is 0 Å². The molecule has 0 saturated carbocycles. The van der Waals surface area contributed by atoms with Crippen molar-refractivity contribution in [2.75, 3.05) is 20.1 Å². The summed E-state index contributed by atoms with van der Waals surface area (Å²) in [5.74, 6) is -0.207. The summed E-state index contributed by atoms with van der Waals surface area (Å²) in [7, 11) is 1.55. The van der Waals surface area contributed by atoms with Gasteiger partial charge in [-0.3, -0.25) is 9.59 Å². The SMILES string of the molecule is CNC(=O)CNC(=O)[C@@H]1CCCN[C@@H]1C. The number of carbonyl (C=O) groups is 2. The molecule has 0 bridgehead atoms. The zero-order valence-electron chi connectivity index (χ0n) is 9.30. The minimum absolute atomic E-state index is 0.0107. The van der Waals surface area contributed by atoms with Crippen LogP contribution in [0.4, 0.5) is 0 Å². The minimum Gasteiger partial charge on any atom is -0.358 e. The second kappa shape index (κ2) is 5.70. The molecule has 86 valence electrons. The summed E-state index contributed by atoms with van der Waals surface area (Å²) in [6.07, 6.45) is 1.91. The molecule has 0 aliphatic carbocycles. The van der Waals surface area contributed by atoms with Gasteiger partial charge in [0.25, 0.3) is 0 Å². The van der Waals surface area contributed by atoms with E-state index in [0.717, 1.165) is 19.4 Å². The maximum atomic E-state index is 11.7. The fourth-order valence-electron chi connectivity index (χ4n) is 1.79. The second-order valence-electron chi connectivity index (χ2n) is 3.88. The van der Waals surface area contributed by atoms with Gasteiger partial charge in [0.05, 0.1) is 12.5 Å². The molecule has 2 atom stereocenters. The summed E-state index contributed by atoms with van der Waals surface area (Å²) in [5, 5.41) is 8.36. The van der Waals surface area contributed by atoms with E-state index in [4.69, 9.17) is 0 Å². The molecule has 0 unspecified atom stereocenters. The van der Waals surface area contributed by atoms with Gasteiger partial charge in [-0.25, -0.2) is 0 Å². The molecule has 1 rings (SSSR count). The Hall–Kier alpha value is -1.10. The van der Waals surface area contributed by atoms with E-state index in [2.05, 4.69) is 16.0 Å². The molecule has 0 aromatic rings. The Morgan fingerprint density at radius 1 is 1.47 bits per heavy atom. The Balaban J connectivity index is 2.35. The van der Waals surface area contributed by atoms with Crippen molar-refractivity contribution in [3.63, 3.8) is 0 Å². The number of rotatable bonds is 3. The fraction of sp³-hybridized carbons (Fsp3) is 0.800. The fourth-order valence-corrected chi connectivity index (χ4v) is 1.79. The molecule has 0 radical (unpaired) electrons. The maximum Gasteiger partial charge on any atom is 0.239 e. The van der Waals surface area contributed by atoms with Gasteiger partial charge in [-0.1, -0.05) is 0 Å². The molecule has 0 aromatic heterocycles. The summed E-state index contributed by atoms with van der Waals surface area (Å²) in [5.41, 5.74) is 0. The van der Waals surface area contributed by atoms with Crippen molar-refractivity contribution in [2.24, 2.45) is 5.92 Å². The van der Waals surface area contributed by atoms with Crippen LogP contribution in [0.25, 0.3) is 0 Å². The van der Waals surface area contributed by atoms with Crippen LogP contribution in [0.15, 0.2) is 0 Å².